The molecule has 2 aromatic rings. The molecule has 0 saturated heterocycles. The molecule has 3 N–H and O–H groups in total. The molecule has 5 nitrogen and oxygen atoms in total. The zero-order chi connectivity index (χ0) is 18.0. The van der Waals surface area contributed by atoms with E-state index < -0.39 is 0 Å². The summed E-state index contributed by atoms with van der Waals surface area (Å²) >= 11 is 0. The number of nitrogens with one attached hydrogen (secondary N) is 1. The topological polar surface area (TPSA) is 72.9 Å². The average molecular weight is 377 g/mol. The van der Waals surface area contributed by atoms with Crippen molar-refractivity contribution in [3.63, 3.8) is 0 Å². The van der Waals surface area contributed by atoms with Crippen molar-refractivity contribution in [1.82, 2.24) is 15.1 Å². The van der Waals surface area contributed by atoms with E-state index in [9.17, 15) is 4.79 Å². The molecule has 1 amide bonds. The molecule has 1 aromatic heterocycles. The third-order valence-electron chi connectivity index (χ3n) is 4.86. The number of para-hydroxylation sites is 1. The summed E-state index contributed by atoms with van der Waals surface area (Å²) in [6.45, 7) is 6.80. The van der Waals surface area contributed by atoms with E-state index in [1.807, 2.05) is 16.8 Å². The Kier molecular flexibility index (Phi) is 6.84. The molecular formula is C20H29ClN4O. The normalized spacial score (nSPS) is 14.0. The minimum Gasteiger partial charge on any atom is -0.347 e. The van der Waals surface area contributed by atoms with Gasteiger partial charge in [0.05, 0.1) is 5.69 Å². The molecule has 1 heterocycles. The Hall–Kier alpha value is -1.85. The van der Waals surface area contributed by atoms with Crippen LogP contribution >= 0.6 is 12.4 Å². The molecule has 6 heteroatoms. The van der Waals surface area contributed by atoms with Gasteiger partial charge in [0, 0.05) is 23.8 Å². The second-order valence-corrected chi connectivity index (χ2v) is 7.36. The summed E-state index contributed by atoms with van der Waals surface area (Å²) in [7, 11) is 0. The Labute approximate surface area is 161 Å². The van der Waals surface area contributed by atoms with Crippen LogP contribution in [0.2, 0.25) is 0 Å². The number of carbonyl (C=O) groups excluding carboxylic acids is 1. The van der Waals surface area contributed by atoms with Crippen LogP contribution in [-0.2, 0) is 12.8 Å². The van der Waals surface area contributed by atoms with Crippen LogP contribution < -0.4 is 11.1 Å². The van der Waals surface area contributed by atoms with Gasteiger partial charge in [-0.2, -0.15) is 5.10 Å². The quantitative estimate of drug-likeness (QED) is 0.813. The maximum Gasteiger partial charge on any atom is 0.272 e. The van der Waals surface area contributed by atoms with Crippen molar-refractivity contribution in [1.29, 1.82) is 0 Å². The van der Waals surface area contributed by atoms with E-state index in [1.165, 1.54) is 5.69 Å². The first-order valence-electron chi connectivity index (χ1n) is 9.19. The van der Waals surface area contributed by atoms with Gasteiger partial charge in [0.25, 0.3) is 5.91 Å². The van der Waals surface area contributed by atoms with Gasteiger partial charge in [-0.05, 0) is 50.2 Å². The molecule has 1 aliphatic carbocycles. The Morgan fingerprint density at radius 1 is 1.31 bits per heavy atom. The summed E-state index contributed by atoms with van der Waals surface area (Å²) in [6.07, 6.45) is 3.84. The smallest absolute Gasteiger partial charge is 0.272 e. The van der Waals surface area contributed by atoms with Crippen LogP contribution in [0, 0.1) is 12.8 Å². The van der Waals surface area contributed by atoms with Crippen molar-refractivity contribution in [3.05, 3.63) is 46.8 Å². The minimum absolute atomic E-state index is 0. The van der Waals surface area contributed by atoms with E-state index in [2.05, 4.69) is 38.2 Å². The van der Waals surface area contributed by atoms with Crippen LogP contribution in [0.3, 0.4) is 0 Å². The van der Waals surface area contributed by atoms with E-state index in [0.717, 1.165) is 42.5 Å². The van der Waals surface area contributed by atoms with Gasteiger partial charge in [0.1, 0.15) is 0 Å². The first kappa shape index (κ1) is 20.5. The van der Waals surface area contributed by atoms with Crippen molar-refractivity contribution in [2.24, 2.45) is 11.7 Å². The molecule has 1 aromatic carbocycles. The van der Waals surface area contributed by atoms with Gasteiger partial charge < -0.3 is 11.1 Å². The molecule has 0 saturated carbocycles. The summed E-state index contributed by atoms with van der Waals surface area (Å²) in [5.74, 6) is 0.394. The number of benzene rings is 1. The Bertz CT molecular complexity index is 769. The van der Waals surface area contributed by atoms with Gasteiger partial charge in [0.15, 0.2) is 5.69 Å². The molecule has 142 valence electrons. The largest absolute Gasteiger partial charge is 0.347 e. The van der Waals surface area contributed by atoms with Crippen molar-refractivity contribution in [2.75, 3.05) is 6.54 Å². The number of amides is 1. The minimum atomic E-state index is -0.0958. The fraction of sp³-hybridized carbons (Fsp3) is 0.500. The maximum absolute atomic E-state index is 12.8. The zero-order valence-corrected chi connectivity index (χ0v) is 16.6. The van der Waals surface area contributed by atoms with Gasteiger partial charge in [-0.3, -0.25) is 4.79 Å². The lowest BCUT2D eigenvalue weighted by molar-refractivity contribution is 0.0927. The molecule has 26 heavy (non-hydrogen) atoms. The van der Waals surface area contributed by atoms with Crippen molar-refractivity contribution in [3.8, 4) is 5.69 Å². The van der Waals surface area contributed by atoms with Gasteiger partial charge in [-0.15, -0.1) is 12.4 Å². The summed E-state index contributed by atoms with van der Waals surface area (Å²) in [4.78, 5) is 12.8. The fourth-order valence-electron chi connectivity index (χ4n) is 3.66. The van der Waals surface area contributed by atoms with Crippen LogP contribution in [-0.4, -0.2) is 28.3 Å². The highest BCUT2D eigenvalue weighted by molar-refractivity contribution is 5.94. The second-order valence-electron chi connectivity index (χ2n) is 7.36. The number of carbonyl (C=O) groups is 1. The number of rotatable bonds is 6. The van der Waals surface area contributed by atoms with Crippen molar-refractivity contribution >= 4 is 18.3 Å². The average Bonchev–Trinajstić information content (AvgIpc) is 3.16. The lowest BCUT2D eigenvalue weighted by atomic mass is 10.0. The molecular weight excluding hydrogens is 348 g/mol. The lowest BCUT2D eigenvalue weighted by Crippen LogP contribution is -2.41. The monoisotopic (exact) mass is 376 g/mol. The van der Waals surface area contributed by atoms with Crippen molar-refractivity contribution < 1.29 is 4.79 Å². The summed E-state index contributed by atoms with van der Waals surface area (Å²) in [6, 6.07) is 8.16. The van der Waals surface area contributed by atoms with Crippen LogP contribution in [0.15, 0.2) is 24.3 Å². The first-order valence-corrected chi connectivity index (χ1v) is 9.19. The number of aryl methyl sites for hydroxylation is 1. The zero-order valence-electron chi connectivity index (χ0n) is 15.8. The van der Waals surface area contributed by atoms with Gasteiger partial charge in [-0.1, -0.05) is 32.0 Å². The Morgan fingerprint density at radius 3 is 2.69 bits per heavy atom. The summed E-state index contributed by atoms with van der Waals surface area (Å²) in [5, 5.41) is 7.78. The molecule has 0 aliphatic heterocycles. The summed E-state index contributed by atoms with van der Waals surface area (Å²) < 4.78 is 1.96. The number of halogens is 1. The van der Waals surface area contributed by atoms with Crippen LogP contribution in [0.5, 0.6) is 0 Å². The SMILES string of the molecule is Cc1ccccc1-n1nc(C(=O)NC(CN)CC(C)C)c2c1CCC2.Cl. The van der Waals surface area contributed by atoms with E-state index in [-0.39, 0.29) is 24.4 Å². The molecule has 1 atom stereocenters. The third-order valence-corrected chi connectivity index (χ3v) is 4.86. The van der Waals surface area contributed by atoms with E-state index >= 15 is 0 Å². The van der Waals surface area contributed by atoms with Gasteiger partial charge >= 0.3 is 0 Å². The fourth-order valence-corrected chi connectivity index (χ4v) is 3.66. The summed E-state index contributed by atoms with van der Waals surface area (Å²) in [5.41, 5.74) is 10.9. The van der Waals surface area contributed by atoms with E-state index in [4.69, 9.17) is 10.8 Å². The maximum atomic E-state index is 12.8. The molecule has 1 aliphatic rings. The molecule has 0 fully saturated rings. The predicted molar refractivity (Wildman–Crippen MR) is 107 cm³/mol. The number of nitrogens with two attached hydrogens (primary N) is 1. The standard InChI is InChI=1S/C20H28N4O.ClH/c1-13(2)11-15(12-21)22-20(25)19-16-8-6-10-18(16)24(23-19)17-9-5-4-7-14(17)3;/h4-5,7,9,13,15H,6,8,10-12,21H2,1-3H3,(H,22,25);1H. The highest BCUT2D eigenvalue weighted by atomic mass is 35.5. The van der Waals surface area contributed by atoms with Gasteiger partial charge in [0.2, 0.25) is 0 Å². The number of nitrogens with zero attached hydrogens (tertiary/aromatic N) is 2. The molecule has 1 unspecified atom stereocenters. The predicted octanol–water partition coefficient (Wildman–Crippen LogP) is 3.19. The number of fused-ring (bicyclic) bond motifs is 1. The van der Waals surface area contributed by atoms with Crippen LogP contribution in [0.4, 0.5) is 0 Å². The van der Waals surface area contributed by atoms with Crippen LogP contribution in [0.25, 0.3) is 5.69 Å². The highest BCUT2D eigenvalue weighted by Gasteiger charge is 2.28. The molecule has 0 bridgehead atoms. The van der Waals surface area contributed by atoms with E-state index in [0.29, 0.717) is 18.2 Å². The Morgan fingerprint density at radius 2 is 2.04 bits per heavy atom. The highest BCUT2D eigenvalue weighted by Crippen LogP contribution is 2.28. The molecule has 0 spiro atoms. The van der Waals surface area contributed by atoms with Gasteiger partial charge in [-0.25, -0.2) is 4.68 Å². The molecule has 3 rings (SSSR count). The molecule has 0 radical (unpaired) electrons. The van der Waals surface area contributed by atoms with Crippen molar-refractivity contribution in [2.45, 2.75) is 52.5 Å². The lowest BCUT2D eigenvalue weighted by Gasteiger charge is -2.18. The number of hydrogen-bond donors (Lipinski definition) is 2. The number of hydrogen-bond acceptors (Lipinski definition) is 3. The van der Waals surface area contributed by atoms with Crippen LogP contribution in [0.1, 0.15) is 54.0 Å². The first-order chi connectivity index (χ1) is 12.0. The number of aromatic nitrogens is 2. The Balaban J connectivity index is 0.00000243. The second kappa shape index (κ2) is 8.69. The third kappa shape index (κ3) is 4.10. The van der Waals surface area contributed by atoms with E-state index in [1.54, 1.807) is 0 Å².